The summed E-state index contributed by atoms with van der Waals surface area (Å²) in [6.45, 7) is 3.45. The van der Waals surface area contributed by atoms with Crippen molar-refractivity contribution in [3.63, 3.8) is 0 Å². The molecule has 7 nitrogen and oxygen atoms in total. The Kier molecular flexibility index (Phi) is 4.90. The largest absolute Gasteiger partial charge is 0.322 e. The summed E-state index contributed by atoms with van der Waals surface area (Å²) < 4.78 is 0. The Balaban J connectivity index is 1.37. The molecule has 1 atom stereocenters. The van der Waals surface area contributed by atoms with E-state index in [-0.39, 0.29) is 24.1 Å². The van der Waals surface area contributed by atoms with E-state index in [0.29, 0.717) is 24.1 Å². The molecule has 3 amide bonds. The Morgan fingerprint density at radius 1 is 1.20 bits per heavy atom. The number of carbonyl (C=O) groups is 3. The van der Waals surface area contributed by atoms with E-state index in [2.05, 4.69) is 21.6 Å². The number of nitrogens with zero attached hydrogens (tertiary/aromatic N) is 2. The predicted molar refractivity (Wildman–Crippen MR) is 112 cm³/mol. The van der Waals surface area contributed by atoms with Crippen LogP contribution >= 0.6 is 0 Å². The summed E-state index contributed by atoms with van der Waals surface area (Å²) in [4.78, 5) is 41.2. The highest BCUT2D eigenvalue weighted by molar-refractivity contribution is 6.05. The first-order valence-electron chi connectivity index (χ1n) is 11.2. The molecular weight excluding hydrogens is 380 g/mol. The molecule has 3 saturated heterocycles. The second-order valence-electron chi connectivity index (χ2n) is 9.41. The third kappa shape index (κ3) is 3.15. The van der Waals surface area contributed by atoms with E-state index in [4.69, 9.17) is 0 Å². The van der Waals surface area contributed by atoms with Gasteiger partial charge in [0.25, 0.3) is 5.91 Å². The standard InChI is InChI=1S/C23H30N4O3/c1-24-9-8-23-11-15(12-23)7-10-26(23)13-16-3-2-4-17-18(16)14-27(22(17)30)19-5-6-20(28)25-21(19)29/h2-4,15,19,24H,5-14H2,1H3,(H,25,28,29). The minimum absolute atomic E-state index is 0.0893. The average Bonchev–Trinajstić information content (AvgIpc) is 3.04. The van der Waals surface area contributed by atoms with Crippen LogP contribution in [0, 0.1) is 5.92 Å². The van der Waals surface area contributed by atoms with Gasteiger partial charge in [-0.15, -0.1) is 0 Å². The highest BCUT2D eigenvalue weighted by Crippen LogP contribution is 2.51. The van der Waals surface area contributed by atoms with Crippen LogP contribution < -0.4 is 10.6 Å². The first-order chi connectivity index (χ1) is 14.5. The summed E-state index contributed by atoms with van der Waals surface area (Å²) in [5.74, 6) is 0.186. The van der Waals surface area contributed by atoms with Crippen LogP contribution in [0.1, 0.15) is 60.0 Å². The SMILES string of the molecule is CNCCC12CC(CCN1Cc1cccc3c1CN(C1CCC(=O)NC1=O)C3=O)C2. The summed E-state index contributed by atoms with van der Waals surface area (Å²) in [7, 11) is 2.01. The van der Waals surface area contributed by atoms with E-state index < -0.39 is 6.04 Å². The fourth-order valence-corrected chi connectivity index (χ4v) is 6.02. The molecule has 1 saturated carbocycles. The predicted octanol–water partition coefficient (Wildman–Crippen LogP) is 1.41. The molecule has 0 radical (unpaired) electrons. The van der Waals surface area contributed by atoms with Crippen molar-refractivity contribution < 1.29 is 14.4 Å². The molecule has 160 valence electrons. The van der Waals surface area contributed by atoms with Gasteiger partial charge in [0.15, 0.2) is 0 Å². The Morgan fingerprint density at radius 3 is 2.80 bits per heavy atom. The number of rotatable bonds is 6. The number of hydrogen-bond acceptors (Lipinski definition) is 5. The molecular formula is C23H30N4O3. The number of benzene rings is 1. The maximum Gasteiger partial charge on any atom is 0.255 e. The minimum atomic E-state index is -0.556. The van der Waals surface area contributed by atoms with Gasteiger partial charge in [-0.2, -0.15) is 0 Å². The van der Waals surface area contributed by atoms with E-state index >= 15 is 0 Å². The monoisotopic (exact) mass is 410 g/mol. The second-order valence-corrected chi connectivity index (χ2v) is 9.41. The van der Waals surface area contributed by atoms with E-state index in [1.165, 1.54) is 24.8 Å². The van der Waals surface area contributed by atoms with E-state index in [0.717, 1.165) is 37.5 Å². The first kappa shape index (κ1) is 19.7. The highest BCUT2D eigenvalue weighted by atomic mass is 16.2. The van der Waals surface area contributed by atoms with Crippen molar-refractivity contribution >= 4 is 17.7 Å². The summed E-state index contributed by atoms with van der Waals surface area (Å²) >= 11 is 0. The van der Waals surface area contributed by atoms with Gasteiger partial charge in [0, 0.05) is 30.6 Å². The van der Waals surface area contributed by atoms with Gasteiger partial charge in [-0.05, 0) is 75.4 Å². The molecule has 30 heavy (non-hydrogen) atoms. The second kappa shape index (κ2) is 7.46. The van der Waals surface area contributed by atoms with Crippen LogP contribution in [0.15, 0.2) is 18.2 Å². The van der Waals surface area contributed by atoms with Gasteiger partial charge in [-0.1, -0.05) is 12.1 Å². The van der Waals surface area contributed by atoms with Gasteiger partial charge in [-0.25, -0.2) is 0 Å². The molecule has 1 aromatic carbocycles. The minimum Gasteiger partial charge on any atom is -0.322 e. The first-order valence-corrected chi connectivity index (χ1v) is 11.2. The van der Waals surface area contributed by atoms with Crippen LogP contribution in [0.5, 0.6) is 0 Å². The zero-order chi connectivity index (χ0) is 20.9. The number of hydrogen-bond donors (Lipinski definition) is 2. The van der Waals surface area contributed by atoms with E-state index in [1.807, 2.05) is 19.2 Å². The van der Waals surface area contributed by atoms with Crippen LogP contribution in [0.25, 0.3) is 0 Å². The zero-order valence-electron chi connectivity index (χ0n) is 17.6. The van der Waals surface area contributed by atoms with Gasteiger partial charge in [0.05, 0.1) is 0 Å². The van der Waals surface area contributed by atoms with Gasteiger partial charge >= 0.3 is 0 Å². The van der Waals surface area contributed by atoms with Crippen molar-refractivity contribution in [2.45, 2.75) is 63.2 Å². The molecule has 1 unspecified atom stereocenters. The topological polar surface area (TPSA) is 81.8 Å². The molecule has 5 aliphatic rings. The number of nitrogens with one attached hydrogen (secondary N) is 2. The zero-order valence-corrected chi connectivity index (χ0v) is 17.6. The molecule has 2 bridgehead atoms. The Bertz CT molecular complexity index is 892. The molecule has 1 aromatic rings. The lowest BCUT2D eigenvalue weighted by atomic mass is 9.61. The molecule has 4 aliphatic heterocycles. The number of fused-ring (bicyclic) bond motifs is 3. The summed E-state index contributed by atoms with van der Waals surface area (Å²) in [6.07, 6.45) is 5.68. The lowest BCUT2D eigenvalue weighted by molar-refractivity contribution is -0.136. The molecule has 1 aliphatic carbocycles. The van der Waals surface area contributed by atoms with Crippen molar-refractivity contribution in [1.82, 2.24) is 20.4 Å². The Morgan fingerprint density at radius 2 is 2.03 bits per heavy atom. The fraction of sp³-hybridized carbons (Fsp3) is 0.609. The summed E-state index contributed by atoms with van der Waals surface area (Å²) in [6, 6.07) is 5.42. The van der Waals surface area contributed by atoms with Gasteiger partial charge < -0.3 is 10.2 Å². The molecule has 2 N–H and O–H groups in total. The lowest BCUT2D eigenvalue weighted by Gasteiger charge is -2.60. The highest BCUT2D eigenvalue weighted by Gasteiger charge is 2.51. The fourth-order valence-electron chi connectivity index (χ4n) is 6.02. The lowest BCUT2D eigenvalue weighted by Crippen LogP contribution is -2.62. The Labute approximate surface area is 177 Å². The third-order valence-electron chi connectivity index (χ3n) is 7.70. The van der Waals surface area contributed by atoms with Crippen molar-refractivity contribution in [3.05, 3.63) is 34.9 Å². The average molecular weight is 411 g/mol. The molecule has 7 heteroatoms. The summed E-state index contributed by atoms with van der Waals surface area (Å²) in [5, 5.41) is 5.69. The van der Waals surface area contributed by atoms with Crippen molar-refractivity contribution in [1.29, 1.82) is 0 Å². The quantitative estimate of drug-likeness (QED) is 0.693. The molecule has 4 heterocycles. The maximum absolute atomic E-state index is 13.1. The molecule has 0 spiro atoms. The third-order valence-corrected chi connectivity index (χ3v) is 7.70. The normalized spacial score (nSPS) is 30.8. The summed E-state index contributed by atoms with van der Waals surface area (Å²) in [5.41, 5.74) is 3.26. The molecule has 4 fully saturated rings. The van der Waals surface area contributed by atoms with Gasteiger partial charge in [-0.3, -0.25) is 24.6 Å². The molecule has 0 aromatic heterocycles. The van der Waals surface area contributed by atoms with Crippen molar-refractivity contribution in [2.24, 2.45) is 5.92 Å². The van der Waals surface area contributed by atoms with Crippen LogP contribution in [-0.4, -0.2) is 59.2 Å². The van der Waals surface area contributed by atoms with E-state index in [1.54, 1.807) is 4.90 Å². The van der Waals surface area contributed by atoms with Crippen molar-refractivity contribution in [2.75, 3.05) is 20.1 Å². The maximum atomic E-state index is 13.1. The van der Waals surface area contributed by atoms with Gasteiger partial charge in [0.1, 0.15) is 6.04 Å². The number of imide groups is 1. The number of amides is 3. The Hall–Kier alpha value is -2.25. The van der Waals surface area contributed by atoms with Crippen LogP contribution in [0.2, 0.25) is 0 Å². The molecule has 6 rings (SSSR count). The van der Waals surface area contributed by atoms with Crippen LogP contribution in [0.4, 0.5) is 0 Å². The van der Waals surface area contributed by atoms with Crippen LogP contribution in [-0.2, 0) is 22.7 Å². The van der Waals surface area contributed by atoms with E-state index in [9.17, 15) is 14.4 Å². The van der Waals surface area contributed by atoms with Crippen molar-refractivity contribution in [3.8, 4) is 0 Å². The van der Waals surface area contributed by atoms with Gasteiger partial charge in [0.2, 0.25) is 11.8 Å². The smallest absolute Gasteiger partial charge is 0.255 e. The number of carbonyl (C=O) groups excluding carboxylic acids is 3. The van der Waals surface area contributed by atoms with Crippen LogP contribution in [0.3, 0.4) is 0 Å². The number of piperidine rings is 3.